The highest BCUT2D eigenvalue weighted by Crippen LogP contribution is 2.30. The van der Waals surface area contributed by atoms with Crippen molar-refractivity contribution in [3.8, 4) is 0 Å². The lowest BCUT2D eigenvalue weighted by Gasteiger charge is -2.46. The van der Waals surface area contributed by atoms with Crippen LogP contribution in [0.25, 0.3) is 0 Å². The third kappa shape index (κ3) is 22.6. The van der Waals surface area contributed by atoms with E-state index in [4.69, 9.17) is 18.9 Å². The van der Waals surface area contributed by atoms with E-state index in [0.717, 1.165) is 64.2 Å². The maximum atomic E-state index is 13.0. The molecule has 9 N–H and O–H groups in total. The summed E-state index contributed by atoms with van der Waals surface area (Å²) >= 11 is 0. The molecule has 356 valence electrons. The third-order valence-electron chi connectivity index (χ3n) is 11.6. The van der Waals surface area contributed by atoms with Crippen LogP contribution in [0.2, 0.25) is 0 Å². The molecule has 0 aromatic carbocycles. The normalized spacial score (nSPS) is 28.3. The number of nitrogens with one attached hydrogen (secondary N) is 1. The Hall–Kier alpha value is -1.79. The summed E-state index contributed by atoms with van der Waals surface area (Å²) in [4.78, 5) is 13.0. The molecule has 12 atom stereocenters. The summed E-state index contributed by atoms with van der Waals surface area (Å²) < 4.78 is 22.5. The first-order valence-electron chi connectivity index (χ1n) is 23.7. The Morgan fingerprint density at radius 3 is 1.66 bits per heavy atom. The summed E-state index contributed by atoms with van der Waals surface area (Å²) in [6.07, 6.45) is 20.9. The first-order chi connectivity index (χ1) is 29.6. The zero-order valence-corrected chi connectivity index (χ0v) is 37.4. The van der Waals surface area contributed by atoms with Crippen LogP contribution in [0, 0.1) is 0 Å². The molecule has 0 aromatic rings. The van der Waals surface area contributed by atoms with Crippen molar-refractivity contribution in [2.24, 2.45) is 0 Å². The molecule has 1 amide bonds. The number of hydrogen-bond acceptors (Lipinski definition) is 13. The van der Waals surface area contributed by atoms with Gasteiger partial charge in [0.15, 0.2) is 12.6 Å². The molecule has 2 rings (SSSR count). The molecule has 2 fully saturated rings. The average molecular weight is 872 g/mol. The zero-order valence-electron chi connectivity index (χ0n) is 37.4. The molecule has 2 heterocycles. The second kappa shape index (κ2) is 34.6. The molecule has 12 unspecified atom stereocenters. The lowest BCUT2D eigenvalue weighted by atomic mass is 9.97. The number of aliphatic hydroxyl groups excluding tert-OH is 8. The second-order valence-corrected chi connectivity index (χ2v) is 16.9. The highest BCUT2D eigenvalue weighted by Gasteiger charge is 2.51. The summed E-state index contributed by atoms with van der Waals surface area (Å²) in [5.74, 6) is -0.225. The molecule has 0 bridgehead atoms. The standard InChI is InChI=1S/C47H85NO13/c1-3-5-7-9-10-11-12-13-14-15-16-17-18-19-20-21-22-23-24-25-26-27-29-31-39(52)48-35(36(51)30-28-8-6-4-2)34-58-46-44(57)42(55)45(38(33-50)60-46)61-47-43(56)41(54)40(53)37(32-49)59-47/h12-13,15-16,18-19,35-38,40-47,49-51,53-57H,3-11,14,17,20-34H2,1-2H3,(H,48,52)/b13-12-,16-15-,19-18-. The molecule has 0 saturated carbocycles. The SMILES string of the molecule is CCCCCCC/C=C\C/C=C\C/C=C\CCCCCCCCCCC(=O)NC(COC1OC(CO)C(OC2OC(CO)C(O)C(O)C2O)C(O)C1O)C(O)CCCCCC. The van der Waals surface area contributed by atoms with Gasteiger partial charge in [-0.05, 0) is 51.4 Å². The highest BCUT2D eigenvalue weighted by molar-refractivity contribution is 5.76. The number of allylic oxidation sites excluding steroid dienone is 6. The summed E-state index contributed by atoms with van der Waals surface area (Å²) in [7, 11) is 0. The summed E-state index contributed by atoms with van der Waals surface area (Å²) in [6.45, 7) is 2.68. The van der Waals surface area contributed by atoms with E-state index in [0.29, 0.717) is 19.3 Å². The van der Waals surface area contributed by atoms with Crippen LogP contribution in [-0.2, 0) is 23.7 Å². The van der Waals surface area contributed by atoms with Crippen molar-refractivity contribution in [2.45, 2.75) is 235 Å². The monoisotopic (exact) mass is 872 g/mol. The highest BCUT2D eigenvalue weighted by atomic mass is 16.7. The minimum atomic E-state index is -1.78. The molecular weight excluding hydrogens is 787 g/mol. The number of carbonyl (C=O) groups is 1. The Balaban J connectivity index is 1.69. The molecule has 0 spiro atoms. The molecule has 2 saturated heterocycles. The van der Waals surface area contributed by atoms with E-state index >= 15 is 0 Å². The molecule has 0 aromatic heterocycles. The molecular formula is C47H85NO13. The molecule has 0 aliphatic carbocycles. The Labute approximate surface area is 366 Å². The van der Waals surface area contributed by atoms with Gasteiger partial charge >= 0.3 is 0 Å². The van der Waals surface area contributed by atoms with E-state index in [-0.39, 0.29) is 12.5 Å². The van der Waals surface area contributed by atoms with Crippen molar-refractivity contribution in [1.29, 1.82) is 0 Å². The molecule has 14 nitrogen and oxygen atoms in total. The van der Waals surface area contributed by atoms with E-state index in [1.54, 1.807) is 0 Å². The van der Waals surface area contributed by atoms with Gasteiger partial charge in [0, 0.05) is 6.42 Å². The third-order valence-corrected chi connectivity index (χ3v) is 11.6. The minimum absolute atomic E-state index is 0.225. The first kappa shape index (κ1) is 55.3. The van der Waals surface area contributed by atoms with Crippen LogP contribution < -0.4 is 5.32 Å². The molecule has 2 aliphatic rings. The van der Waals surface area contributed by atoms with Gasteiger partial charge in [-0.25, -0.2) is 0 Å². The van der Waals surface area contributed by atoms with E-state index in [2.05, 4.69) is 55.6 Å². The van der Waals surface area contributed by atoms with Gasteiger partial charge in [0.25, 0.3) is 0 Å². The van der Waals surface area contributed by atoms with E-state index in [9.17, 15) is 45.6 Å². The maximum Gasteiger partial charge on any atom is 0.220 e. The fourth-order valence-electron chi connectivity index (χ4n) is 7.65. The Kier molecular flexibility index (Phi) is 31.4. The predicted octanol–water partition coefficient (Wildman–Crippen LogP) is 5.15. The molecule has 0 radical (unpaired) electrons. The minimum Gasteiger partial charge on any atom is -0.394 e. The predicted molar refractivity (Wildman–Crippen MR) is 235 cm³/mol. The smallest absolute Gasteiger partial charge is 0.220 e. The number of hydrogen-bond donors (Lipinski definition) is 9. The van der Waals surface area contributed by atoms with Gasteiger partial charge in [-0.2, -0.15) is 0 Å². The first-order valence-corrected chi connectivity index (χ1v) is 23.7. The summed E-state index contributed by atoms with van der Waals surface area (Å²) in [6, 6.07) is -0.828. The largest absolute Gasteiger partial charge is 0.394 e. The van der Waals surface area contributed by atoms with Crippen LogP contribution in [0.5, 0.6) is 0 Å². The van der Waals surface area contributed by atoms with E-state index in [1.165, 1.54) is 64.2 Å². The van der Waals surface area contributed by atoms with Gasteiger partial charge in [0.05, 0.1) is 32.0 Å². The van der Waals surface area contributed by atoms with Crippen LogP contribution in [0.1, 0.15) is 162 Å². The maximum absolute atomic E-state index is 13.0. The van der Waals surface area contributed by atoms with Crippen LogP contribution in [0.15, 0.2) is 36.5 Å². The van der Waals surface area contributed by atoms with Crippen molar-refractivity contribution >= 4 is 5.91 Å². The Morgan fingerprint density at radius 1 is 0.590 bits per heavy atom. The van der Waals surface area contributed by atoms with Crippen LogP contribution in [0.4, 0.5) is 0 Å². The van der Waals surface area contributed by atoms with Crippen LogP contribution in [0.3, 0.4) is 0 Å². The van der Waals surface area contributed by atoms with Crippen molar-refractivity contribution < 1.29 is 64.6 Å². The summed E-state index contributed by atoms with van der Waals surface area (Å²) in [5, 5.41) is 86.1. The molecule has 61 heavy (non-hydrogen) atoms. The second-order valence-electron chi connectivity index (χ2n) is 16.9. The topological polar surface area (TPSA) is 228 Å². The number of amides is 1. The van der Waals surface area contributed by atoms with E-state index in [1.807, 2.05) is 0 Å². The van der Waals surface area contributed by atoms with Crippen molar-refractivity contribution in [1.82, 2.24) is 5.32 Å². The number of carbonyl (C=O) groups excluding carboxylic acids is 1. The van der Waals surface area contributed by atoms with Gasteiger partial charge < -0.3 is 65.1 Å². The zero-order chi connectivity index (χ0) is 44.7. The van der Waals surface area contributed by atoms with Gasteiger partial charge in [0.1, 0.15) is 48.8 Å². The Morgan fingerprint density at radius 2 is 1.08 bits per heavy atom. The fourth-order valence-corrected chi connectivity index (χ4v) is 7.65. The van der Waals surface area contributed by atoms with Crippen LogP contribution in [-0.4, -0.2) is 140 Å². The van der Waals surface area contributed by atoms with Gasteiger partial charge in [0.2, 0.25) is 5.91 Å². The lowest BCUT2D eigenvalue weighted by molar-refractivity contribution is -0.359. The van der Waals surface area contributed by atoms with Crippen molar-refractivity contribution in [3.05, 3.63) is 36.5 Å². The van der Waals surface area contributed by atoms with Gasteiger partial charge in [-0.1, -0.05) is 140 Å². The molecule has 2 aliphatic heterocycles. The summed E-state index contributed by atoms with van der Waals surface area (Å²) in [5.41, 5.74) is 0. The molecule has 14 heteroatoms. The average Bonchev–Trinajstić information content (AvgIpc) is 3.26. The van der Waals surface area contributed by atoms with E-state index < -0.39 is 86.8 Å². The number of unbranched alkanes of at least 4 members (excludes halogenated alkanes) is 16. The number of ether oxygens (including phenoxy) is 4. The number of rotatable bonds is 35. The fraction of sp³-hybridized carbons (Fsp3) is 0.851. The number of aliphatic hydroxyl groups is 8. The lowest BCUT2D eigenvalue weighted by Crippen LogP contribution is -2.65. The quantitative estimate of drug-likeness (QED) is 0.0297. The van der Waals surface area contributed by atoms with Gasteiger partial charge in [-0.15, -0.1) is 0 Å². The van der Waals surface area contributed by atoms with Crippen molar-refractivity contribution in [3.63, 3.8) is 0 Å². The van der Waals surface area contributed by atoms with Crippen LogP contribution >= 0.6 is 0 Å². The van der Waals surface area contributed by atoms with Gasteiger partial charge in [-0.3, -0.25) is 4.79 Å². The Bertz CT molecular complexity index is 1170. The van der Waals surface area contributed by atoms with Crippen molar-refractivity contribution in [2.75, 3.05) is 19.8 Å².